The predicted octanol–water partition coefficient (Wildman–Crippen LogP) is 4.86. The van der Waals surface area contributed by atoms with Crippen molar-refractivity contribution in [3.63, 3.8) is 0 Å². The van der Waals surface area contributed by atoms with E-state index in [1.165, 1.54) is 23.1 Å². The van der Waals surface area contributed by atoms with Crippen LogP contribution < -0.4 is 5.56 Å². The summed E-state index contributed by atoms with van der Waals surface area (Å²) in [5, 5.41) is 2.24. The third-order valence-corrected chi connectivity index (χ3v) is 7.15. The van der Waals surface area contributed by atoms with E-state index in [1.54, 1.807) is 4.57 Å². The van der Waals surface area contributed by atoms with Crippen LogP contribution in [0.25, 0.3) is 21.1 Å². The van der Waals surface area contributed by atoms with Gasteiger partial charge in [0.2, 0.25) is 0 Å². The van der Waals surface area contributed by atoms with E-state index >= 15 is 0 Å². The summed E-state index contributed by atoms with van der Waals surface area (Å²) in [6.45, 7) is 8.35. The molecule has 0 atom stereocenters. The molecule has 3 aromatic heterocycles. The van der Waals surface area contributed by atoms with E-state index < -0.39 is 0 Å². The summed E-state index contributed by atoms with van der Waals surface area (Å²) in [7, 11) is 0. The normalized spacial score (nSPS) is 11.6. The molecule has 0 amide bonds. The molecule has 28 heavy (non-hydrogen) atoms. The third kappa shape index (κ3) is 2.99. The standard InChI is InChI=1S/C21H21N3O2S2/c1-5-24-20(26)17-11(2)13(4)28-19(17)23-21(24)27-10-16(25)18-12(3)22-15-9-7-6-8-14(15)18/h6-9,22H,5,10H2,1-4H3. The number of Topliss-reactive ketones (excluding diaryl/α,β-unsaturated/α-hetero) is 1. The molecule has 0 fully saturated rings. The van der Waals surface area contributed by atoms with Crippen molar-refractivity contribution in [1.29, 1.82) is 0 Å². The van der Waals surface area contributed by atoms with Crippen LogP contribution in [0.4, 0.5) is 0 Å². The molecule has 1 aromatic carbocycles. The van der Waals surface area contributed by atoms with E-state index in [1.807, 2.05) is 52.0 Å². The van der Waals surface area contributed by atoms with Gasteiger partial charge in [-0.2, -0.15) is 0 Å². The maximum absolute atomic E-state index is 13.0. The molecule has 0 radical (unpaired) electrons. The summed E-state index contributed by atoms with van der Waals surface area (Å²) < 4.78 is 1.67. The van der Waals surface area contributed by atoms with E-state index in [0.29, 0.717) is 17.1 Å². The minimum Gasteiger partial charge on any atom is -0.358 e. The highest BCUT2D eigenvalue weighted by Crippen LogP contribution is 2.29. The van der Waals surface area contributed by atoms with Gasteiger partial charge in [-0.25, -0.2) is 4.98 Å². The summed E-state index contributed by atoms with van der Waals surface area (Å²) in [5.41, 5.74) is 3.53. The second-order valence-electron chi connectivity index (χ2n) is 6.79. The van der Waals surface area contributed by atoms with E-state index in [9.17, 15) is 9.59 Å². The summed E-state index contributed by atoms with van der Waals surface area (Å²) >= 11 is 2.87. The molecule has 144 valence electrons. The second-order valence-corrected chi connectivity index (χ2v) is 8.94. The number of benzene rings is 1. The Balaban J connectivity index is 1.69. The van der Waals surface area contributed by atoms with E-state index in [0.717, 1.165) is 37.4 Å². The number of para-hydroxylation sites is 1. The van der Waals surface area contributed by atoms with Crippen LogP contribution in [0.5, 0.6) is 0 Å². The summed E-state index contributed by atoms with van der Waals surface area (Å²) in [4.78, 5) is 35.8. The van der Waals surface area contributed by atoms with Gasteiger partial charge in [-0.1, -0.05) is 30.0 Å². The van der Waals surface area contributed by atoms with Gasteiger partial charge in [-0.3, -0.25) is 14.2 Å². The highest BCUT2D eigenvalue weighted by molar-refractivity contribution is 7.99. The van der Waals surface area contributed by atoms with Crippen molar-refractivity contribution in [3.8, 4) is 0 Å². The minimum atomic E-state index is -0.0208. The first-order valence-electron chi connectivity index (χ1n) is 9.16. The number of H-pyrrole nitrogens is 1. The number of fused-ring (bicyclic) bond motifs is 2. The Morgan fingerprint density at radius 1 is 1.25 bits per heavy atom. The summed E-state index contributed by atoms with van der Waals surface area (Å²) in [5.74, 6) is 0.278. The maximum Gasteiger partial charge on any atom is 0.263 e. The number of ketones is 1. The van der Waals surface area contributed by atoms with Crippen molar-refractivity contribution in [2.75, 3.05) is 5.75 Å². The number of hydrogen-bond acceptors (Lipinski definition) is 5. The number of thiophene rings is 1. The Labute approximate surface area is 170 Å². The molecular formula is C21H21N3O2S2. The van der Waals surface area contributed by atoms with Crippen LogP contribution >= 0.6 is 23.1 Å². The zero-order chi connectivity index (χ0) is 20.0. The van der Waals surface area contributed by atoms with Gasteiger partial charge in [0.25, 0.3) is 5.56 Å². The lowest BCUT2D eigenvalue weighted by atomic mass is 10.1. The molecule has 0 bridgehead atoms. The second kappa shape index (κ2) is 7.22. The number of aromatic nitrogens is 3. The number of aromatic amines is 1. The molecular weight excluding hydrogens is 390 g/mol. The van der Waals surface area contributed by atoms with Gasteiger partial charge >= 0.3 is 0 Å². The first-order valence-corrected chi connectivity index (χ1v) is 11.0. The molecule has 5 nitrogen and oxygen atoms in total. The number of nitrogens with zero attached hydrogens (tertiary/aromatic N) is 2. The van der Waals surface area contributed by atoms with E-state index in [-0.39, 0.29) is 17.1 Å². The highest BCUT2D eigenvalue weighted by atomic mass is 32.2. The molecule has 4 aromatic rings. The van der Waals surface area contributed by atoms with Crippen LogP contribution in [0.3, 0.4) is 0 Å². The molecule has 1 N–H and O–H groups in total. The molecule has 0 unspecified atom stereocenters. The van der Waals surface area contributed by atoms with E-state index in [4.69, 9.17) is 4.98 Å². The topological polar surface area (TPSA) is 67.8 Å². The average Bonchev–Trinajstić information content (AvgIpc) is 3.15. The molecule has 7 heteroatoms. The molecule has 0 saturated carbocycles. The lowest BCUT2D eigenvalue weighted by Gasteiger charge is -2.10. The van der Waals surface area contributed by atoms with Crippen molar-refractivity contribution in [2.24, 2.45) is 0 Å². The smallest absolute Gasteiger partial charge is 0.263 e. The number of thioether (sulfide) groups is 1. The molecule has 0 aliphatic heterocycles. The van der Waals surface area contributed by atoms with Crippen LogP contribution in [0.1, 0.15) is 33.4 Å². The van der Waals surface area contributed by atoms with Crippen LogP contribution in [-0.4, -0.2) is 26.1 Å². The van der Waals surface area contributed by atoms with Gasteiger partial charge < -0.3 is 4.98 Å². The quantitative estimate of drug-likeness (QED) is 0.289. The van der Waals surface area contributed by atoms with Gasteiger partial charge in [0, 0.05) is 33.6 Å². The van der Waals surface area contributed by atoms with Gasteiger partial charge in [-0.05, 0) is 39.3 Å². The fraction of sp³-hybridized carbons (Fsp3) is 0.286. The number of carbonyl (C=O) groups excluding carboxylic acids is 1. The highest BCUT2D eigenvalue weighted by Gasteiger charge is 2.19. The van der Waals surface area contributed by atoms with Crippen molar-refractivity contribution >= 4 is 50.0 Å². The minimum absolute atomic E-state index is 0.0208. The summed E-state index contributed by atoms with van der Waals surface area (Å²) in [6, 6.07) is 7.81. The Hall–Kier alpha value is -2.38. The van der Waals surface area contributed by atoms with E-state index in [2.05, 4.69) is 4.98 Å². The summed E-state index contributed by atoms with van der Waals surface area (Å²) in [6.07, 6.45) is 0. The fourth-order valence-corrected chi connectivity index (χ4v) is 5.54. The van der Waals surface area contributed by atoms with Crippen LogP contribution in [0.15, 0.2) is 34.2 Å². The molecule has 3 heterocycles. The predicted molar refractivity (Wildman–Crippen MR) is 117 cm³/mol. The average molecular weight is 412 g/mol. The number of nitrogens with one attached hydrogen (secondary N) is 1. The molecule has 4 rings (SSSR count). The van der Waals surface area contributed by atoms with Crippen molar-refractivity contribution < 1.29 is 4.79 Å². The first-order chi connectivity index (χ1) is 13.4. The fourth-order valence-electron chi connectivity index (χ4n) is 3.54. The largest absolute Gasteiger partial charge is 0.358 e. The van der Waals surface area contributed by atoms with Crippen molar-refractivity contribution in [3.05, 3.63) is 56.3 Å². The Bertz CT molecular complexity index is 1280. The van der Waals surface area contributed by atoms with Gasteiger partial charge in [-0.15, -0.1) is 11.3 Å². The Morgan fingerprint density at radius 2 is 2.00 bits per heavy atom. The number of carbonyl (C=O) groups is 1. The van der Waals surface area contributed by atoms with Crippen molar-refractivity contribution in [1.82, 2.24) is 14.5 Å². The zero-order valence-corrected chi connectivity index (χ0v) is 17.9. The number of rotatable bonds is 5. The maximum atomic E-state index is 13.0. The van der Waals surface area contributed by atoms with Gasteiger partial charge in [0.05, 0.1) is 11.1 Å². The molecule has 0 aliphatic carbocycles. The molecule has 0 spiro atoms. The van der Waals surface area contributed by atoms with Crippen LogP contribution in [-0.2, 0) is 6.54 Å². The molecule has 0 aliphatic rings. The van der Waals surface area contributed by atoms with Crippen LogP contribution in [0.2, 0.25) is 0 Å². The van der Waals surface area contributed by atoms with Gasteiger partial charge in [0.1, 0.15) is 4.83 Å². The Morgan fingerprint density at radius 3 is 2.75 bits per heavy atom. The lowest BCUT2D eigenvalue weighted by Crippen LogP contribution is -2.22. The Kier molecular flexibility index (Phi) is 4.89. The van der Waals surface area contributed by atoms with Crippen molar-refractivity contribution in [2.45, 2.75) is 39.4 Å². The van der Waals surface area contributed by atoms with Crippen LogP contribution in [0, 0.1) is 20.8 Å². The first kappa shape index (κ1) is 19.0. The van der Waals surface area contributed by atoms with Gasteiger partial charge in [0.15, 0.2) is 10.9 Å². The monoisotopic (exact) mass is 411 g/mol. The SMILES string of the molecule is CCn1c(SCC(=O)c2c(C)[nH]c3ccccc23)nc2sc(C)c(C)c2c1=O. The molecule has 0 saturated heterocycles. The lowest BCUT2D eigenvalue weighted by molar-refractivity contribution is 0.102. The number of hydrogen-bond donors (Lipinski definition) is 1. The number of aryl methyl sites for hydroxylation is 3. The zero-order valence-electron chi connectivity index (χ0n) is 16.3. The third-order valence-electron chi connectivity index (χ3n) is 5.07.